The van der Waals surface area contributed by atoms with E-state index in [1.54, 1.807) is 6.07 Å². The van der Waals surface area contributed by atoms with E-state index in [2.05, 4.69) is 4.90 Å². The third-order valence-corrected chi connectivity index (χ3v) is 4.04. The second-order valence-electron chi connectivity index (χ2n) is 4.73. The first kappa shape index (κ1) is 13.7. The van der Waals surface area contributed by atoms with Crippen molar-refractivity contribution in [2.45, 2.75) is 19.4 Å². The Labute approximate surface area is 117 Å². The van der Waals surface area contributed by atoms with Gasteiger partial charge in [-0.3, -0.25) is 9.69 Å². The molecule has 5 heteroatoms. The van der Waals surface area contributed by atoms with Gasteiger partial charge < -0.3 is 5.73 Å². The SMILES string of the molecule is NC(=O)[C@@H]1CCCN(Cc2ccc(Cl)c(Cl)c2)C1. The number of likely N-dealkylation sites (tertiary alicyclic amines) is 1. The average Bonchev–Trinajstić information content (AvgIpc) is 2.34. The minimum atomic E-state index is -0.200. The van der Waals surface area contributed by atoms with Crippen molar-refractivity contribution in [2.75, 3.05) is 13.1 Å². The number of carbonyl (C=O) groups is 1. The van der Waals surface area contributed by atoms with Crippen LogP contribution in [0.15, 0.2) is 18.2 Å². The van der Waals surface area contributed by atoms with Crippen LogP contribution in [0.4, 0.5) is 0 Å². The zero-order chi connectivity index (χ0) is 13.1. The van der Waals surface area contributed by atoms with Crippen molar-refractivity contribution in [3.05, 3.63) is 33.8 Å². The number of hydrogen-bond donors (Lipinski definition) is 1. The number of carbonyl (C=O) groups excluding carboxylic acids is 1. The van der Waals surface area contributed by atoms with Crippen molar-refractivity contribution < 1.29 is 4.79 Å². The molecule has 98 valence electrons. The molecule has 0 spiro atoms. The van der Waals surface area contributed by atoms with E-state index < -0.39 is 0 Å². The van der Waals surface area contributed by atoms with E-state index in [0.717, 1.165) is 38.0 Å². The molecule has 2 rings (SSSR count). The predicted molar refractivity (Wildman–Crippen MR) is 73.7 cm³/mol. The summed E-state index contributed by atoms with van der Waals surface area (Å²) in [5.74, 6) is -0.227. The molecule has 1 saturated heterocycles. The van der Waals surface area contributed by atoms with Crippen LogP contribution in [0, 0.1) is 5.92 Å². The smallest absolute Gasteiger partial charge is 0.221 e. The highest BCUT2D eigenvalue weighted by Gasteiger charge is 2.23. The van der Waals surface area contributed by atoms with E-state index in [-0.39, 0.29) is 11.8 Å². The molecule has 1 aliphatic heterocycles. The number of amides is 1. The number of nitrogens with two attached hydrogens (primary N) is 1. The van der Waals surface area contributed by atoms with Crippen LogP contribution in [0.25, 0.3) is 0 Å². The number of primary amides is 1. The molecule has 1 aliphatic rings. The molecule has 1 atom stereocenters. The Kier molecular flexibility index (Phi) is 4.49. The summed E-state index contributed by atoms with van der Waals surface area (Å²) < 4.78 is 0. The molecule has 0 saturated carbocycles. The Hall–Kier alpha value is -0.770. The number of piperidine rings is 1. The Balaban J connectivity index is 2.00. The van der Waals surface area contributed by atoms with Crippen LogP contribution in [0.2, 0.25) is 10.0 Å². The minimum absolute atomic E-state index is 0.0264. The highest BCUT2D eigenvalue weighted by molar-refractivity contribution is 6.42. The molecule has 2 N–H and O–H groups in total. The van der Waals surface area contributed by atoms with Crippen LogP contribution in [-0.4, -0.2) is 23.9 Å². The quantitative estimate of drug-likeness (QED) is 0.929. The van der Waals surface area contributed by atoms with Gasteiger partial charge in [-0.2, -0.15) is 0 Å². The maximum absolute atomic E-state index is 11.2. The van der Waals surface area contributed by atoms with Gasteiger partial charge in [0, 0.05) is 13.1 Å². The number of nitrogens with zero attached hydrogens (tertiary/aromatic N) is 1. The van der Waals surface area contributed by atoms with Crippen molar-refractivity contribution in [2.24, 2.45) is 11.7 Å². The van der Waals surface area contributed by atoms with E-state index in [1.165, 1.54) is 0 Å². The molecule has 1 amide bonds. The highest BCUT2D eigenvalue weighted by atomic mass is 35.5. The molecule has 1 fully saturated rings. The Morgan fingerprint density at radius 1 is 1.39 bits per heavy atom. The zero-order valence-electron chi connectivity index (χ0n) is 10.0. The van der Waals surface area contributed by atoms with Gasteiger partial charge in [-0.1, -0.05) is 29.3 Å². The van der Waals surface area contributed by atoms with E-state index in [1.807, 2.05) is 12.1 Å². The summed E-state index contributed by atoms with van der Waals surface area (Å²) in [5, 5.41) is 1.13. The number of halogens is 2. The molecule has 1 aromatic carbocycles. The first-order valence-electron chi connectivity index (χ1n) is 6.02. The molecule has 1 heterocycles. The molecule has 18 heavy (non-hydrogen) atoms. The third kappa shape index (κ3) is 3.37. The summed E-state index contributed by atoms with van der Waals surface area (Å²) in [6, 6.07) is 5.63. The molecule has 0 aromatic heterocycles. The lowest BCUT2D eigenvalue weighted by Crippen LogP contribution is -2.40. The molecule has 0 bridgehead atoms. The summed E-state index contributed by atoms with van der Waals surface area (Å²) in [6.07, 6.45) is 1.90. The maximum atomic E-state index is 11.2. The fourth-order valence-corrected chi connectivity index (χ4v) is 2.65. The van der Waals surface area contributed by atoms with Gasteiger partial charge in [-0.05, 0) is 37.1 Å². The van der Waals surface area contributed by atoms with Crippen LogP contribution in [0.3, 0.4) is 0 Å². The van der Waals surface area contributed by atoms with Crippen LogP contribution in [-0.2, 0) is 11.3 Å². The van der Waals surface area contributed by atoms with Gasteiger partial charge in [0.2, 0.25) is 5.91 Å². The van der Waals surface area contributed by atoms with Gasteiger partial charge >= 0.3 is 0 Å². The van der Waals surface area contributed by atoms with E-state index in [4.69, 9.17) is 28.9 Å². The molecule has 1 aromatic rings. The van der Waals surface area contributed by atoms with E-state index in [9.17, 15) is 4.79 Å². The average molecular weight is 287 g/mol. The molecular weight excluding hydrogens is 271 g/mol. The van der Waals surface area contributed by atoms with Crippen LogP contribution >= 0.6 is 23.2 Å². The van der Waals surface area contributed by atoms with Gasteiger partial charge in [0.25, 0.3) is 0 Å². The van der Waals surface area contributed by atoms with Crippen LogP contribution in [0.5, 0.6) is 0 Å². The van der Waals surface area contributed by atoms with Crippen LogP contribution < -0.4 is 5.73 Å². The van der Waals surface area contributed by atoms with Crippen molar-refractivity contribution in [3.63, 3.8) is 0 Å². The van der Waals surface area contributed by atoms with Gasteiger partial charge in [0.15, 0.2) is 0 Å². The normalized spacial score (nSPS) is 20.9. The molecule has 0 unspecified atom stereocenters. The molecule has 0 aliphatic carbocycles. The first-order valence-corrected chi connectivity index (χ1v) is 6.77. The van der Waals surface area contributed by atoms with Crippen molar-refractivity contribution >= 4 is 29.1 Å². The summed E-state index contributed by atoms with van der Waals surface area (Å²) in [5.41, 5.74) is 6.47. The van der Waals surface area contributed by atoms with E-state index >= 15 is 0 Å². The Morgan fingerprint density at radius 2 is 2.17 bits per heavy atom. The van der Waals surface area contributed by atoms with Crippen LogP contribution in [0.1, 0.15) is 18.4 Å². The zero-order valence-corrected chi connectivity index (χ0v) is 11.5. The maximum Gasteiger partial charge on any atom is 0.221 e. The second-order valence-corrected chi connectivity index (χ2v) is 5.54. The van der Waals surface area contributed by atoms with Crippen molar-refractivity contribution in [3.8, 4) is 0 Å². The Bertz CT molecular complexity index is 451. The summed E-state index contributed by atoms with van der Waals surface area (Å²) in [4.78, 5) is 13.4. The molecular formula is C13H16Cl2N2O. The van der Waals surface area contributed by atoms with Gasteiger partial charge in [-0.15, -0.1) is 0 Å². The fourth-order valence-electron chi connectivity index (χ4n) is 2.33. The van der Waals surface area contributed by atoms with Crippen molar-refractivity contribution in [1.29, 1.82) is 0 Å². The fraction of sp³-hybridized carbons (Fsp3) is 0.462. The number of hydrogen-bond acceptors (Lipinski definition) is 2. The number of benzene rings is 1. The third-order valence-electron chi connectivity index (χ3n) is 3.30. The van der Waals surface area contributed by atoms with Crippen molar-refractivity contribution in [1.82, 2.24) is 4.90 Å². The standard InChI is InChI=1S/C13H16Cl2N2O/c14-11-4-3-9(6-12(11)15)7-17-5-1-2-10(8-17)13(16)18/h3-4,6,10H,1-2,5,7-8H2,(H2,16,18)/t10-/m1/s1. The monoisotopic (exact) mass is 286 g/mol. The van der Waals surface area contributed by atoms with Gasteiger partial charge in [0.1, 0.15) is 0 Å². The minimum Gasteiger partial charge on any atom is -0.369 e. The lowest BCUT2D eigenvalue weighted by molar-refractivity contribution is -0.123. The van der Waals surface area contributed by atoms with Gasteiger partial charge in [-0.25, -0.2) is 0 Å². The Morgan fingerprint density at radius 3 is 2.83 bits per heavy atom. The van der Waals surface area contributed by atoms with Gasteiger partial charge in [0.05, 0.1) is 16.0 Å². The molecule has 3 nitrogen and oxygen atoms in total. The highest BCUT2D eigenvalue weighted by Crippen LogP contribution is 2.24. The summed E-state index contributed by atoms with van der Waals surface area (Å²) in [7, 11) is 0. The predicted octanol–water partition coefficient (Wildman–Crippen LogP) is 2.69. The second kappa shape index (κ2) is 5.91. The largest absolute Gasteiger partial charge is 0.369 e. The molecule has 0 radical (unpaired) electrons. The van der Waals surface area contributed by atoms with E-state index in [0.29, 0.717) is 10.0 Å². The number of rotatable bonds is 3. The first-order chi connectivity index (χ1) is 8.56. The summed E-state index contributed by atoms with van der Waals surface area (Å²) >= 11 is 11.9. The lowest BCUT2D eigenvalue weighted by atomic mass is 9.97. The topological polar surface area (TPSA) is 46.3 Å². The lowest BCUT2D eigenvalue weighted by Gasteiger charge is -2.31. The summed E-state index contributed by atoms with van der Waals surface area (Å²) in [6.45, 7) is 2.50.